The Bertz CT molecular complexity index is 633. The van der Waals surface area contributed by atoms with Crippen molar-refractivity contribution in [2.75, 3.05) is 16.9 Å². The molecular weight excluding hydrogens is 304 g/mol. The maximum absolute atomic E-state index is 12.2. The molecule has 0 bridgehead atoms. The number of benzene rings is 2. The van der Waals surface area contributed by atoms with Crippen molar-refractivity contribution in [2.24, 2.45) is 0 Å². The summed E-state index contributed by atoms with van der Waals surface area (Å²) in [6.45, 7) is 1.83. The van der Waals surface area contributed by atoms with E-state index in [-0.39, 0.29) is 11.9 Å². The van der Waals surface area contributed by atoms with Gasteiger partial charge in [-0.05, 0) is 49.6 Å². The van der Waals surface area contributed by atoms with E-state index >= 15 is 0 Å². The second kappa shape index (κ2) is 7.38. The third kappa shape index (κ3) is 4.69. The van der Waals surface area contributed by atoms with E-state index in [1.165, 1.54) is 0 Å². The van der Waals surface area contributed by atoms with Gasteiger partial charge in [0.15, 0.2) is 0 Å². The molecule has 0 aliphatic rings. The lowest BCUT2D eigenvalue weighted by atomic mass is 10.2. The molecule has 0 aliphatic carbocycles. The van der Waals surface area contributed by atoms with Crippen molar-refractivity contribution in [3.8, 4) is 0 Å². The van der Waals surface area contributed by atoms with Crippen LogP contribution in [0.5, 0.6) is 0 Å². The van der Waals surface area contributed by atoms with Gasteiger partial charge in [-0.25, -0.2) is 0 Å². The first-order valence-electron chi connectivity index (χ1n) is 6.55. The zero-order valence-electron chi connectivity index (χ0n) is 11.9. The Balaban J connectivity index is 1.99. The average Bonchev–Trinajstić information content (AvgIpc) is 2.47. The van der Waals surface area contributed by atoms with Crippen LogP contribution in [0.1, 0.15) is 6.92 Å². The van der Waals surface area contributed by atoms with Crippen LogP contribution in [0.15, 0.2) is 53.4 Å². The van der Waals surface area contributed by atoms with E-state index in [1.807, 2.05) is 43.5 Å². The van der Waals surface area contributed by atoms with Crippen molar-refractivity contribution in [1.82, 2.24) is 0 Å². The highest BCUT2D eigenvalue weighted by Crippen LogP contribution is 2.20. The normalized spacial score (nSPS) is 11.8. The Morgan fingerprint density at radius 2 is 1.86 bits per heavy atom. The van der Waals surface area contributed by atoms with E-state index in [4.69, 9.17) is 11.6 Å². The smallest absolute Gasteiger partial charge is 0.246 e. The Labute approximate surface area is 134 Å². The average molecular weight is 321 g/mol. The summed E-state index contributed by atoms with van der Waals surface area (Å²) in [6.07, 6.45) is 2.02. The highest BCUT2D eigenvalue weighted by Gasteiger charge is 2.13. The lowest BCUT2D eigenvalue weighted by Crippen LogP contribution is -2.31. The lowest BCUT2D eigenvalue weighted by Gasteiger charge is -2.16. The van der Waals surface area contributed by atoms with E-state index in [9.17, 15) is 4.79 Å². The van der Waals surface area contributed by atoms with Crippen molar-refractivity contribution in [3.05, 3.63) is 53.6 Å². The van der Waals surface area contributed by atoms with Crippen LogP contribution in [-0.2, 0) is 4.79 Å². The monoisotopic (exact) mass is 320 g/mol. The Kier molecular flexibility index (Phi) is 5.53. The summed E-state index contributed by atoms with van der Waals surface area (Å²) in [5.74, 6) is -0.105. The van der Waals surface area contributed by atoms with E-state index < -0.39 is 0 Å². The molecule has 2 aromatic rings. The molecule has 2 aromatic carbocycles. The van der Waals surface area contributed by atoms with Gasteiger partial charge in [-0.15, -0.1) is 11.8 Å². The molecule has 3 nitrogen and oxygen atoms in total. The molecule has 21 heavy (non-hydrogen) atoms. The number of hydrogen-bond donors (Lipinski definition) is 2. The highest BCUT2D eigenvalue weighted by atomic mass is 35.5. The molecular formula is C16H17ClN2OS. The minimum Gasteiger partial charge on any atom is -0.374 e. The molecule has 0 heterocycles. The minimum absolute atomic E-state index is 0.105. The quantitative estimate of drug-likeness (QED) is 0.797. The molecule has 5 heteroatoms. The second-order valence-electron chi connectivity index (χ2n) is 4.60. The van der Waals surface area contributed by atoms with Crippen molar-refractivity contribution in [3.63, 3.8) is 0 Å². The third-order valence-electron chi connectivity index (χ3n) is 2.94. The molecule has 1 atom stereocenters. The van der Waals surface area contributed by atoms with Crippen LogP contribution in [0.2, 0.25) is 5.02 Å². The number of hydrogen-bond acceptors (Lipinski definition) is 3. The van der Waals surface area contributed by atoms with Crippen molar-refractivity contribution in [2.45, 2.75) is 17.9 Å². The second-order valence-corrected chi connectivity index (χ2v) is 5.91. The van der Waals surface area contributed by atoms with Crippen molar-refractivity contribution >= 4 is 40.6 Å². The number of carbonyl (C=O) groups excluding carboxylic acids is 1. The van der Waals surface area contributed by atoms with Gasteiger partial charge < -0.3 is 10.6 Å². The molecule has 1 amide bonds. The van der Waals surface area contributed by atoms with Crippen LogP contribution in [0, 0.1) is 0 Å². The molecule has 110 valence electrons. The topological polar surface area (TPSA) is 41.1 Å². The van der Waals surface area contributed by atoms with Crippen molar-refractivity contribution < 1.29 is 4.79 Å². The van der Waals surface area contributed by atoms with Gasteiger partial charge in [0.25, 0.3) is 0 Å². The summed E-state index contributed by atoms with van der Waals surface area (Å²) in [5.41, 5.74) is 1.62. The van der Waals surface area contributed by atoms with Gasteiger partial charge in [-0.2, -0.15) is 0 Å². The fraction of sp³-hybridized carbons (Fsp3) is 0.188. The molecule has 2 rings (SSSR count). The molecule has 0 aromatic heterocycles. The van der Waals surface area contributed by atoms with E-state index in [0.29, 0.717) is 10.7 Å². The number of anilines is 2. The van der Waals surface area contributed by atoms with Crippen molar-refractivity contribution in [1.29, 1.82) is 0 Å². The lowest BCUT2D eigenvalue weighted by molar-refractivity contribution is -0.116. The Morgan fingerprint density at radius 1 is 1.14 bits per heavy atom. The van der Waals surface area contributed by atoms with E-state index in [1.54, 1.807) is 30.0 Å². The van der Waals surface area contributed by atoms with Gasteiger partial charge in [0.05, 0.1) is 0 Å². The van der Waals surface area contributed by atoms with Crippen LogP contribution in [0.25, 0.3) is 0 Å². The molecule has 0 unspecified atom stereocenters. The zero-order chi connectivity index (χ0) is 15.2. The largest absolute Gasteiger partial charge is 0.374 e. The summed E-state index contributed by atoms with van der Waals surface area (Å²) in [5, 5.41) is 6.63. The minimum atomic E-state index is -0.346. The Hall–Kier alpha value is -1.65. The zero-order valence-corrected chi connectivity index (χ0v) is 13.5. The predicted octanol–water partition coefficient (Wildman–Crippen LogP) is 4.50. The van der Waals surface area contributed by atoms with Crippen LogP contribution in [0.4, 0.5) is 11.4 Å². The van der Waals surface area contributed by atoms with Crippen LogP contribution in [0.3, 0.4) is 0 Å². The molecule has 0 aliphatic heterocycles. The Morgan fingerprint density at radius 3 is 2.57 bits per heavy atom. The summed E-state index contributed by atoms with van der Waals surface area (Å²) in [6, 6.07) is 14.7. The van der Waals surface area contributed by atoms with Gasteiger partial charge in [0.1, 0.15) is 6.04 Å². The first kappa shape index (κ1) is 15.7. The number of thioether (sulfide) groups is 1. The number of halogens is 1. The van der Waals surface area contributed by atoms with Gasteiger partial charge in [-0.1, -0.05) is 23.7 Å². The maximum Gasteiger partial charge on any atom is 0.246 e. The van der Waals surface area contributed by atoms with Crippen LogP contribution >= 0.6 is 23.4 Å². The van der Waals surface area contributed by atoms with Gasteiger partial charge in [-0.3, -0.25) is 4.79 Å². The molecule has 0 radical (unpaired) electrons. The van der Waals surface area contributed by atoms with E-state index in [0.717, 1.165) is 10.6 Å². The fourth-order valence-corrected chi connectivity index (χ4v) is 2.49. The van der Waals surface area contributed by atoms with Crippen LogP contribution < -0.4 is 10.6 Å². The summed E-state index contributed by atoms with van der Waals surface area (Å²) in [4.78, 5) is 13.3. The van der Waals surface area contributed by atoms with Crippen LogP contribution in [-0.4, -0.2) is 18.2 Å². The highest BCUT2D eigenvalue weighted by molar-refractivity contribution is 7.98. The number of amides is 1. The van der Waals surface area contributed by atoms with Gasteiger partial charge >= 0.3 is 0 Å². The number of rotatable bonds is 5. The molecule has 0 spiro atoms. The summed E-state index contributed by atoms with van der Waals surface area (Å²) < 4.78 is 0. The number of carbonyl (C=O) groups is 1. The first-order chi connectivity index (χ1) is 10.1. The summed E-state index contributed by atoms with van der Waals surface area (Å²) in [7, 11) is 0. The number of nitrogens with one attached hydrogen (secondary N) is 2. The predicted molar refractivity (Wildman–Crippen MR) is 91.4 cm³/mol. The summed E-state index contributed by atoms with van der Waals surface area (Å²) >= 11 is 7.57. The molecule has 0 fully saturated rings. The van der Waals surface area contributed by atoms with Gasteiger partial charge in [0, 0.05) is 21.3 Å². The van der Waals surface area contributed by atoms with Gasteiger partial charge in [0.2, 0.25) is 5.91 Å². The molecule has 0 saturated heterocycles. The SMILES string of the molecule is CSc1cccc(N[C@@H](C)C(=O)Nc2cccc(Cl)c2)c1. The standard InChI is InChI=1S/C16H17ClN2OS/c1-11(18-14-7-4-8-15(10-14)21-2)16(20)19-13-6-3-5-12(17)9-13/h3-11,18H,1-2H3,(H,19,20)/t11-/m0/s1. The fourth-order valence-electron chi connectivity index (χ4n) is 1.85. The van der Waals surface area contributed by atoms with E-state index in [2.05, 4.69) is 10.6 Å². The first-order valence-corrected chi connectivity index (χ1v) is 8.16. The molecule has 2 N–H and O–H groups in total. The molecule has 0 saturated carbocycles. The maximum atomic E-state index is 12.2. The third-order valence-corrected chi connectivity index (χ3v) is 3.90.